The fourth-order valence-corrected chi connectivity index (χ4v) is 2.24. The van der Waals surface area contributed by atoms with Crippen molar-refractivity contribution in [2.24, 2.45) is 0 Å². The molecule has 0 aliphatic rings. The average molecular weight is 276 g/mol. The summed E-state index contributed by atoms with van der Waals surface area (Å²) >= 11 is 0. The molecule has 0 atom stereocenters. The van der Waals surface area contributed by atoms with E-state index in [0.717, 1.165) is 18.5 Å². The molecule has 1 aromatic carbocycles. The summed E-state index contributed by atoms with van der Waals surface area (Å²) in [5, 5.41) is 10.7. The van der Waals surface area contributed by atoms with Gasteiger partial charge in [-0.1, -0.05) is 50.8 Å². The third-order valence-corrected chi connectivity index (χ3v) is 3.39. The van der Waals surface area contributed by atoms with Gasteiger partial charge >= 0.3 is 0 Å². The summed E-state index contributed by atoms with van der Waals surface area (Å²) in [5.41, 5.74) is 0.902. The second kappa shape index (κ2) is 10.4. The SMILES string of the molecule is CCCCCCCC(=O)N(CCC[O])c1ccccc1. The third kappa shape index (κ3) is 6.20. The molecule has 1 amide bonds. The minimum atomic E-state index is -0.132. The number of nitrogens with zero attached hydrogens (tertiary/aromatic N) is 1. The third-order valence-electron chi connectivity index (χ3n) is 3.39. The summed E-state index contributed by atoms with van der Waals surface area (Å²) in [6.07, 6.45) is 6.81. The van der Waals surface area contributed by atoms with E-state index in [1.807, 2.05) is 30.3 Å². The predicted octanol–water partition coefficient (Wildman–Crippen LogP) is 4.20. The van der Waals surface area contributed by atoms with Gasteiger partial charge in [-0.25, -0.2) is 5.11 Å². The second-order valence-electron chi connectivity index (χ2n) is 5.10. The number of carbonyl (C=O) groups is 1. The largest absolute Gasteiger partial charge is 0.312 e. The molecule has 0 fully saturated rings. The van der Waals surface area contributed by atoms with Crippen LogP contribution in [0.4, 0.5) is 5.69 Å². The Morgan fingerprint density at radius 3 is 2.35 bits per heavy atom. The molecule has 1 aromatic rings. The maximum absolute atomic E-state index is 12.3. The molecule has 0 saturated heterocycles. The van der Waals surface area contributed by atoms with Crippen molar-refractivity contribution in [2.45, 2.75) is 51.9 Å². The van der Waals surface area contributed by atoms with Crippen molar-refractivity contribution in [1.29, 1.82) is 0 Å². The van der Waals surface area contributed by atoms with Crippen LogP contribution in [0.25, 0.3) is 0 Å². The smallest absolute Gasteiger partial charge is 0.226 e. The second-order valence-corrected chi connectivity index (χ2v) is 5.10. The highest BCUT2D eigenvalue weighted by atomic mass is 16.3. The number of unbranched alkanes of at least 4 members (excludes halogenated alkanes) is 4. The van der Waals surface area contributed by atoms with Crippen LogP contribution >= 0.6 is 0 Å². The molecule has 0 aliphatic heterocycles. The lowest BCUT2D eigenvalue weighted by Crippen LogP contribution is -2.32. The van der Waals surface area contributed by atoms with Crippen molar-refractivity contribution in [2.75, 3.05) is 18.1 Å². The Kier molecular flexibility index (Phi) is 8.72. The van der Waals surface area contributed by atoms with Crippen LogP contribution in [0.2, 0.25) is 0 Å². The van der Waals surface area contributed by atoms with Gasteiger partial charge in [0.1, 0.15) is 0 Å². The first-order valence-electron chi connectivity index (χ1n) is 7.73. The quantitative estimate of drug-likeness (QED) is 0.590. The van der Waals surface area contributed by atoms with Crippen LogP contribution in [0.5, 0.6) is 0 Å². The molecule has 0 spiro atoms. The van der Waals surface area contributed by atoms with Gasteiger partial charge in [0, 0.05) is 18.7 Å². The van der Waals surface area contributed by atoms with Crippen molar-refractivity contribution < 1.29 is 9.90 Å². The van der Waals surface area contributed by atoms with E-state index in [4.69, 9.17) is 0 Å². The van der Waals surface area contributed by atoms with Crippen molar-refractivity contribution >= 4 is 11.6 Å². The molecule has 0 saturated carbocycles. The Morgan fingerprint density at radius 1 is 1.00 bits per heavy atom. The number of hydrogen-bond acceptors (Lipinski definition) is 1. The number of hydrogen-bond donors (Lipinski definition) is 0. The first-order valence-corrected chi connectivity index (χ1v) is 7.73. The van der Waals surface area contributed by atoms with Crippen molar-refractivity contribution in [3.63, 3.8) is 0 Å². The molecule has 0 aromatic heterocycles. The standard InChI is InChI=1S/C17H26NO2/c1-2-3-4-5-9-13-17(20)18(14-10-15-19)16-11-7-6-8-12-16/h6-8,11-12H,2-5,9-10,13-15H2,1H3. The van der Waals surface area contributed by atoms with Gasteiger partial charge in [0.15, 0.2) is 0 Å². The molecular formula is C17H26NO2. The summed E-state index contributed by atoms with van der Waals surface area (Å²) in [5.74, 6) is 0.140. The number of anilines is 1. The monoisotopic (exact) mass is 276 g/mol. The van der Waals surface area contributed by atoms with E-state index in [-0.39, 0.29) is 12.5 Å². The zero-order valence-corrected chi connectivity index (χ0v) is 12.5. The number of rotatable bonds is 10. The molecule has 0 aliphatic carbocycles. The summed E-state index contributed by atoms with van der Waals surface area (Å²) in [4.78, 5) is 14.1. The van der Waals surface area contributed by atoms with E-state index < -0.39 is 0 Å². The fraction of sp³-hybridized carbons (Fsp3) is 0.588. The Balaban J connectivity index is 2.48. The molecule has 3 heteroatoms. The van der Waals surface area contributed by atoms with Crippen LogP contribution in [0.3, 0.4) is 0 Å². The van der Waals surface area contributed by atoms with E-state index in [1.165, 1.54) is 19.3 Å². The first kappa shape index (κ1) is 16.7. The lowest BCUT2D eigenvalue weighted by Gasteiger charge is -2.22. The van der Waals surface area contributed by atoms with E-state index in [9.17, 15) is 9.90 Å². The van der Waals surface area contributed by atoms with Crippen LogP contribution in [0.15, 0.2) is 30.3 Å². The zero-order chi connectivity index (χ0) is 14.6. The molecule has 20 heavy (non-hydrogen) atoms. The van der Waals surface area contributed by atoms with E-state index in [0.29, 0.717) is 19.4 Å². The van der Waals surface area contributed by atoms with Gasteiger partial charge < -0.3 is 4.90 Å². The van der Waals surface area contributed by atoms with E-state index in [1.54, 1.807) is 4.90 Å². The average Bonchev–Trinajstić information content (AvgIpc) is 2.48. The molecule has 0 bridgehead atoms. The highest BCUT2D eigenvalue weighted by Gasteiger charge is 2.14. The van der Waals surface area contributed by atoms with Gasteiger partial charge in [0.05, 0.1) is 6.61 Å². The fourth-order valence-electron chi connectivity index (χ4n) is 2.24. The Morgan fingerprint density at radius 2 is 1.70 bits per heavy atom. The summed E-state index contributed by atoms with van der Waals surface area (Å²) in [6.45, 7) is 2.58. The highest BCUT2D eigenvalue weighted by Crippen LogP contribution is 2.16. The Hall–Kier alpha value is -1.35. The van der Waals surface area contributed by atoms with Crippen molar-refractivity contribution in [1.82, 2.24) is 0 Å². The normalized spacial score (nSPS) is 10.5. The van der Waals surface area contributed by atoms with Crippen LogP contribution in [-0.4, -0.2) is 19.1 Å². The number of amides is 1. The summed E-state index contributed by atoms with van der Waals surface area (Å²) in [7, 11) is 0. The topological polar surface area (TPSA) is 40.2 Å². The maximum Gasteiger partial charge on any atom is 0.226 e. The maximum atomic E-state index is 12.3. The van der Waals surface area contributed by atoms with Crippen molar-refractivity contribution in [3.05, 3.63) is 30.3 Å². The summed E-state index contributed by atoms with van der Waals surface area (Å²) < 4.78 is 0. The van der Waals surface area contributed by atoms with Crippen LogP contribution in [-0.2, 0) is 9.90 Å². The zero-order valence-electron chi connectivity index (χ0n) is 12.5. The summed E-state index contributed by atoms with van der Waals surface area (Å²) in [6, 6.07) is 9.65. The van der Waals surface area contributed by atoms with Crippen molar-refractivity contribution in [3.8, 4) is 0 Å². The van der Waals surface area contributed by atoms with Gasteiger partial charge in [-0.05, 0) is 25.0 Å². The van der Waals surface area contributed by atoms with Crippen LogP contribution in [0, 0.1) is 0 Å². The minimum absolute atomic E-state index is 0.132. The molecule has 0 heterocycles. The van der Waals surface area contributed by atoms with E-state index in [2.05, 4.69) is 6.92 Å². The van der Waals surface area contributed by atoms with Crippen LogP contribution in [0.1, 0.15) is 51.9 Å². The number of carbonyl (C=O) groups excluding carboxylic acids is 1. The van der Waals surface area contributed by atoms with Gasteiger partial charge in [-0.15, -0.1) is 0 Å². The molecular weight excluding hydrogens is 250 g/mol. The molecule has 0 unspecified atom stereocenters. The van der Waals surface area contributed by atoms with Gasteiger partial charge in [-0.3, -0.25) is 4.79 Å². The Bertz CT molecular complexity index is 365. The minimum Gasteiger partial charge on any atom is -0.312 e. The molecule has 1 radical (unpaired) electrons. The van der Waals surface area contributed by atoms with Gasteiger partial charge in [0.25, 0.3) is 0 Å². The molecule has 111 valence electrons. The van der Waals surface area contributed by atoms with Crippen LogP contribution < -0.4 is 4.90 Å². The molecule has 1 rings (SSSR count). The Labute approximate surface area is 122 Å². The number of para-hydroxylation sites is 1. The van der Waals surface area contributed by atoms with Gasteiger partial charge in [0.2, 0.25) is 5.91 Å². The highest BCUT2D eigenvalue weighted by molar-refractivity contribution is 5.93. The predicted molar refractivity (Wildman–Crippen MR) is 82.3 cm³/mol. The molecule has 0 N–H and O–H groups in total. The van der Waals surface area contributed by atoms with E-state index >= 15 is 0 Å². The lowest BCUT2D eigenvalue weighted by atomic mass is 10.1. The molecule has 3 nitrogen and oxygen atoms in total. The van der Waals surface area contributed by atoms with Gasteiger partial charge in [-0.2, -0.15) is 0 Å². The first-order chi connectivity index (χ1) is 9.79. The lowest BCUT2D eigenvalue weighted by molar-refractivity contribution is -0.118. The number of benzene rings is 1.